The molecule has 0 bridgehead atoms. The van der Waals surface area contributed by atoms with Crippen molar-refractivity contribution in [3.8, 4) is 0 Å². The first-order valence-corrected chi connectivity index (χ1v) is 6.56. The molecule has 1 heteroatoms. The molecule has 0 aromatic heterocycles. The summed E-state index contributed by atoms with van der Waals surface area (Å²) in [5.74, 6) is 0.866. The van der Waals surface area contributed by atoms with Crippen molar-refractivity contribution in [1.29, 1.82) is 0 Å². The molecular weight excluding hydrogens is 182 g/mol. The van der Waals surface area contributed by atoms with E-state index in [0.29, 0.717) is 6.04 Å². The molecule has 0 heterocycles. The molecule has 1 unspecified atom stereocenters. The molecule has 1 fully saturated rings. The van der Waals surface area contributed by atoms with E-state index in [1.807, 2.05) is 0 Å². The Bertz CT molecular complexity index is 184. The lowest BCUT2D eigenvalue weighted by atomic mass is 9.85. The second kappa shape index (κ2) is 7.05. The molecule has 1 saturated carbocycles. The third-order valence-corrected chi connectivity index (χ3v) is 3.50. The maximum Gasteiger partial charge on any atom is 0.0277 e. The average molecular weight is 209 g/mol. The Morgan fingerprint density at radius 3 is 2.07 bits per heavy atom. The number of likely N-dealkylation sites (N-methyl/N-ethyl adjacent to an activating group) is 1. The summed E-state index contributed by atoms with van der Waals surface area (Å²) in [5.41, 5.74) is 1.44. The van der Waals surface area contributed by atoms with Crippen molar-refractivity contribution in [3.05, 3.63) is 11.6 Å². The van der Waals surface area contributed by atoms with Gasteiger partial charge in [0.05, 0.1) is 0 Å². The minimum absolute atomic E-state index is 0.605. The highest BCUT2D eigenvalue weighted by Gasteiger charge is 2.18. The van der Waals surface area contributed by atoms with Crippen LogP contribution >= 0.6 is 0 Å². The van der Waals surface area contributed by atoms with Crippen molar-refractivity contribution >= 4 is 0 Å². The Morgan fingerprint density at radius 1 is 1.07 bits per heavy atom. The lowest BCUT2D eigenvalue weighted by Crippen LogP contribution is -2.32. The monoisotopic (exact) mass is 209 g/mol. The van der Waals surface area contributed by atoms with Crippen molar-refractivity contribution in [2.24, 2.45) is 5.92 Å². The van der Waals surface area contributed by atoms with E-state index >= 15 is 0 Å². The molecule has 1 aliphatic rings. The third kappa shape index (κ3) is 4.83. The van der Waals surface area contributed by atoms with Crippen LogP contribution in [0.1, 0.15) is 58.8 Å². The third-order valence-electron chi connectivity index (χ3n) is 3.50. The second-order valence-electron chi connectivity index (χ2n) is 5.16. The molecule has 88 valence electrons. The van der Waals surface area contributed by atoms with Gasteiger partial charge in [0, 0.05) is 6.04 Å². The zero-order chi connectivity index (χ0) is 11.1. The van der Waals surface area contributed by atoms with Crippen LogP contribution in [-0.4, -0.2) is 13.1 Å². The Balaban J connectivity index is 2.52. The number of hydrogen-bond acceptors (Lipinski definition) is 1. The van der Waals surface area contributed by atoms with Crippen LogP contribution in [0.3, 0.4) is 0 Å². The predicted octanol–water partition coefficient (Wildman–Crippen LogP) is 3.90. The summed E-state index contributed by atoms with van der Waals surface area (Å²) < 4.78 is 0. The highest BCUT2D eigenvalue weighted by Crippen LogP contribution is 2.25. The van der Waals surface area contributed by atoms with Gasteiger partial charge in [0.25, 0.3) is 0 Å². The fourth-order valence-electron chi connectivity index (χ4n) is 2.66. The molecule has 0 amide bonds. The van der Waals surface area contributed by atoms with E-state index in [-0.39, 0.29) is 0 Å². The molecule has 1 rings (SSSR count). The Hall–Kier alpha value is -0.300. The van der Waals surface area contributed by atoms with E-state index in [4.69, 9.17) is 0 Å². The second-order valence-corrected chi connectivity index (χ2v) is 5.16. The Morgan fingerprint density at radius 2 is 1.60 bits per heavy atom. The molecule has 1 aliphatic carbocycles. The fourth-order valence-corrected chi connectivity index (χ4v) is 2.66. The van der Waals surface area contributed by atoms with Gasteiger partial charge in [-0.05, 0) is 39.7 Å². The first-order valence-electron chi connectivity index (χ1n) is 6.56. The van der Waals surface area contributed by atoms with Gasteiger partial charge in [0.1, 0.15) is 0 Å². The van der Waals surface area contributed by atoms with Crippen LogP contribution in [0.4, 0.5) is 0 Å². The van der Waals surface area contributed by atoms with Crippen molar-refractivity contribution in [2.75, 3.05) is 7.05 Å². The maximum absolute atomic E-state index is 3.47. The highest BCUT2D eigenvalue weighted by atomic mass is 14.9. The van der Waals surface area contributed by atoms with Crippen LogP contribution in [0.15, 0.2) is 11.6 Å². The summed E-state index contributed by atoms with van der Waals surface area (Å²) in [5, 5.41) is 3.47. The maximum atomic E-state index is 3.47. The lowest BCUT2D eigenvalue weighted by molar-refractivity contribution is 0.328. The molecule has 1 nitrogen and oxygen atoms in total. The Kier molecular flexibility index (Phi) is 6.00. The van der Waals surface area contributed by atoms with E-state index in [2.05, 4.69) is 32.3 Å². The minimum Gasteiger partial charge on any atom is -0.313 e. The van der Waals surface area contributed by atoms with Gasteiger partial charge >= 0.3 is 0 Å². The van der Waals surface area contributed by atoms with Gasteiger partial charge in [-0.15, -0.1) is 0 Å². The summed E-state index contributed by atoms with van der Waals surface area (Å²) in [7, 11) is 2.10. The molecule has 0 aliphatic heterocycles. The smallest absolute Gasteiger partial charge is 0.0277 e. The van der Waals surface area contributed by atoms with Gasteiger partial charge in [-0.3, -0.25) is 0 Å². The number of rotatable bonds is 3. The summed E-state index contributed by atoms with van der Waals surface area (Å²) in [4.78, 5) is 0. The van der Waals surface area contributed by atoms with Crippen LogP contribution in [0.2, 0.25) is 0 Å². The van der Waals surface area contributed by atoms with E-state index in [9.17, 15) is 0 Å². The van der Waals surface area contributed by atoms with Crippen molar-refractivity contribution in [2.45, 2.75) is 64.8 Å². The van der Waals surface area contributed by atoms with Gasteiger partial charge < -0.3 is 5.32 Å². The lowest BCUT2D eigenvalue weighted by Gasteiger charge is -2.26. The SMILES string of the molecule is CNC(C=C(C)C)C1CCCCCCC1. The molecule has 0 spiro atoms. The van der Waals surface area contributed by atoms with E-state index in [1.54, 1.807) is 0 Å². The van der Waals surface area contributed by atoms with Crippen LogP contribution in [0.25, 0.3) is 0 Å². The topological polar surface area (TPSA) is 12.0 Å². The number of allylic oxidation sites excluding steroid dienone is 1. The molecular formula is C14H27N. The van der Waals surface area contributed by atoms with Gasteiger partial charge in [-0.25, -0.2) is 0 Å². The summed E-state index contributed by atoms with van der Waals surface area (Å²) >= 11 is 0. The van der Waals surface area contributed by atoms with Gasteiger partial charge in [-0.1, -0.05) is 43.8 Å². The molecule has 1 atom stereocenters. The predicted molar refractivity (Wildman–Crippen MR) is 68.1 cm³/mol. The Labute approximate surface area is 95.3 Å². The molecule has 0 saturated heterocycles. The molecule has 0 aromatic carbocycles. The standard InChI is InChI=1S/C14H27N/c1-12(2)11-14(15-3)13-9-7-5-4-6-8-10-13/h11,13-15H,4-10H2,1-3H3. The fraction of sp³-hybridized carbons (Fsp3) is 0.857. The van der Waals surface area contributed by atoms with E-state index < -0.39 is 0 Å². The van der Waals surface area contributed by atoms with Crippen LogP contribution < -0.4 is 5.32 Å². The van der Waals surface area contributed by atoms with Gasteiger partial charge in [-0.2, -0.15) is 0 Å². The minimum atomic E-state index is 0.605. The zero-order valence-electron chi connectivity index (χ0n) is 10.7. The van der Waals surface area contributed by atoms with Crippen LogP contribution in [0, 0.1) is 5.92 Å². The van der Waals surface area contributed by atoms with Crippen molar-refractivity contribution < 1.29 is 0 Å². The zero-order valence-corrected chi connectivity index (χ0v) is 10.7. The first-order chi connectivity index (χ1) is 7.24. The largest absolute Gasteiger partial charge is 0.313 e. The van der Waals surface area contributed by atoms with Gasteiger partial charge in [0.15, 0.2) is 0 Å². The number of hydrogen-bond donors (Lipinski definition) is 1. The first kappa shape index (κ1) is 12.8. The quantitative estimate of drug-likeness (QED) is 0.695. The number of nitrogens with one attached hydrogen (secondary N) is 1. The van der Waals surface area contributed by atoms with E-state index in [1.165, 1.54) is 50.5 Å². The van der Waals surface area contributed by atoms with Crippen molar-refractivity contribution in [3.63, 3.8) is 0 Å². The normalized spacial score (nSPS) is 21.5. The van der Waals surface area contributed by atoms with Crippen LogP contribution in [0.5, 0.6) is 0 Å². The van der Waals surface area contributed by atoms with Crippen LogP contribution in [-0.2, 0) is 0 Å². The average Bonchev–Trinajstić information content (AvgIpc) is 2.14. The molecule has 15 heavy (non-hydrogen) atoms. The van der Waals surface area contributed by atoms with Gasteiger partial charge in [0.2, 0.25) is 0 Å². The highest BCUT2D eigenvalue weighted by molar-refractivity contribution is 5.03. The van der Waals surface area contributed by atoms with Crippen molar-refractivity contribution in [1.82, 2.24) is 5.32 Å². The molecule has 0 radical (unpaired) electrons. The van der Waals surface area contributed by atoms with E-state index in [0.717, 1.165) is 5.92 Å². The summed E-state index contributed by atoms with van der Waals surface area (Å²) in [6.07, 6.45) is 12.4. The molecule has 1 N–H and O–H groups in total. The molecule has 0 aromatic rings. The summed E-state index contributed by atoms with van der Waals surface area (Å²) in [6.45, 7) is 4.40. The summed E-state index contributed by atoms with van der Waals surface area (Å²) in [6, 6.07) is 0.605.